The molecule has 0 unspecified atom stereocenters. The maximum atomic E-state index is 11.8. The molecular formula is C11H11N3O4S. The van der Waals surface area contributed by atoms with Crippen molar-refractivity contribution >= 4 is 16.3 Å². The van der Waals surface area contributed by atoms with Crippen LogP contribution in [0, 0.1) is 6.92 Å². The number of aldehydes is 1. The molecular weight excluding hydrogens is 270 g/mol. The Kier molecular flexibility index (Phi) is 3.72. The number of aromatic nitrogens is 2. The molecule has 0 fully saturated rings. The minimum Gasteiger partial charge on any atom is -0.440 e. The molecule has 0 spiro atoms. The maximum absolute atomic E-state index is 11.8. The molecule has 0 saturated heterocycles. The van der Waals surface area contributed by atoms with Crippen molar-refractivity contribution in [2.45, 2.75) is 18.6 Å². The van der Waals surface area contributed by atoms with E-state index in [9.17, 15) is 13.2 Å². The molecule has 2 aromatic rings. The first kappa shape index (κ1) is 13.4. The number of carbonyl (C=O) groups excluding carboxylic acids is 1. The van der Waals surface area contributed by atoms with Crippen LogP contribution in [0.3, 0.4) is 0 Å². The van der Waals surface area contributed by atoms with Crippen LogP contribution in [0.4, 0.5) is 0 Å². The Labute approximate surface area is 109 Å². The Bertz CT molecular complexity index is 676. The maximum Gasteiger partial charge on any atom is 0.274 e. The largest absolute Gasteiger partial charge is 0.440 e. The highest BCUT2D eigenvalue weighted by atomic mass is 32.2. The zero-order valence-electron chi connectivity index (χ0n) is 10.0. The third-order valence-corrected chi connectivity index (χ3v) is 3.53. The number of hydrogen-bond donors (Lipinski definition) is 1. The molecule has 0 aromatic carbocycles. The van der Waals surface area contributed by atoms with Crippen molar-refractivity contribution in [1.29, 1.82) is 0 Å². The summed E-state index contributed by atoms with van der Waals surface area (Å²) in [6.45, 7) is 1.78. The smallest absolute Gasteiger partial charge is 0.274 e. The summed E-state index contributed by atoms with van der Waals surface area (Å²) in [4.78, 5) is 18.5. The van der Waals surface area contributed by atoms with Crippen LogP contribution in [0.25, 0.3) is 0 Å². The number of nitrogens with zero attached hydrogens (tertiary/aromatic N) is 2. The van der Waals surface area contributed by atoms with E-state index >= 15 is 0 Å². The Morgan fingerprint density at radius 3 is 2.68 bits per heavy atom. The molecule has 8 heteroatoms. The van der Waals surface area contributed by atoms with E-state index in [1.54, 1.807) is 13.1 Å². The normalized spacial score (nSPS) is 11.4. The molecule has 19 heavy (non-hydrogen) atoms. The first-order valence-electron chi connectivity index (χ1n) is 5.33. The minimum absolute atomic E-state index is 0.00721. The first-order chi connectivity index (χ1) is 9.01. The number of carbonyl (C=O) groups is 1. The molecule has 0 saturated carbocycles. The molecule has 0 radical (unpaired) electrons. The summed E-state index contributed by atoms with van der Waals surface area (Å²) in [5, 5.41) is -0.310. The zero-order chi connectivity index (χ0) is 13.9. The lowest BCUT2D eigenvalue weighted by molar-refractivity contribution is 0.109. The van der Waals surface area contributed by atoms with Crippen LogP contribution in [0.1, 0.15) is 21.9 Å². The molecule has 2 heterocycles. The molecule has 0 aliphatic rings. The Hall–Kier alpha value is -2.06. The lowest BCUT2D eigenvalue weighted by Gasteiger charge is -2.03. The predicted molar refractivity (Wildman–Crippen MR) is 64.9 cm³/mol. The summed E-state index contributed by atoms with van der Waals surface area (Å²) in [6.07, 6.45) is 3.46. The molecule has 0 atom stereocenters. The van der Waals surface area contributed by atoms with Gasteiger partial charge in [0.05, 0.1) is 24.1 Å². The highest BCUT2D eigenvalue weighted by Crippen LogP contribution is 2.12. The molecule has 2 aromatic heterocycles. The fraction of sp³-hybridized carbons (Fsp3) is 0.182. The SMILES string of the molecule is Cc1cnc(CNS(=O)(=O)c2ccc(C=O)o2)cn1. The quantitative estimate of drug-likeness (QED) is 0.808. The molecule has 100 valence electrons. The van der Waals surface area contributed by atoms with E-state index in [4.69, 9.17) is 4.42 Å². The average Bonchev–Trinajstić information content (AvgIpc) is 2.88. The minimum atomic E-state index is -3.80. The van der Waals surface area contributed by atoms with Gasteiger partial charge >= 0.3 is 0 Å². The summed E-state index contributed by atoms with van der Waals surface area (Å²) < 4.78 is 30.8. The van der Waals surface area contributed by atoms with Gasteiger partial charge in [-0.1, -0.05) is 0 Å². The van der Waals surface area contributed by atoms with Gasteiger partial charge in [-0.25, -0.2) is 13.1 Å². The number of furan rings is 1. The van der Waals surface area contributed by atoms with Crippen LogP contribution < -0.4 is 4.72 Å². The summed E-state index contributed by atoms with van der Waals surface area (Å²) in [5.41, 5.74) is 1.23. The van der Waals surface area contributed by atoms with Crippen molar-refractivity contribution in [2.24, 2.45) is 0 Å². The van der Waals surface area contributed by atoms with E-state index in [1.807, 2.05) is 0 Å². The van der Waals surface area contributed by atoms with Gasteiger partial charge in [0.2, 0.25) is 5.09 Å². The fourth-order valence-corrected chi connectivity index (χ4v) is 2.23. The molecule has 0 bridgehead atoms. The van der Waals surface area contributed by atoms with Gasteiger partial charge in [0.25, 0.3) is 10.0 Å². The summed E-state index contributed by atoms with van der Waals surface area (Å²) in [6, 6.07) is 2.50. The Balaban J connectivity index is 2.09. The van der Waals surface area contributed by atoms with Crippen molar-refractivity contribution < 1.29 is 17.6 Å². The average molecular weight is 281 g/mol. The third-order valence-electron chi connectivity index (χ3n) is 2.26. The summed E-state index contributed by atoms with van der Waals surface area (Å²) in [5.74, 6) is -0.0458. The number of hydrogen-bond acceptors (Lipinski definition) is 6. The van der Waals surface area contributed by atoms with Crippen LogP contribution in [-0.2, 0) is 16.6 Å². The second kappa shape index (κ2) is 5.29. The lowest BCUT2D eigenvalue weighted by atomic mass is 10.4. The Morgan fingerprint density at radius 2 is 2.11 bits per heavy atom. The van der Waals surface area contributed by atoms with Crippen molar-refractivity contribution in [3.05, 3.63) is 41.7 Å². The molecule has 7 nitrogen and oxygen atoms in total. The molecule has 0 aliphatic carbocycles. The van der Waals surface area contributed by atoms with Gasteiger partial charge in [0.15, 0.2) is 12.0 Å². The van der Waals surface area contributed by atoms with Crippen molar-refractivity contribution in [1.82, 2.24) is 14.7 Å². The van der Waals surface area contributed by atoms with Gasteiger partial charge in [-0.05, 0) is 19.1 Å². The van der Waals surface area contributed by atoms with E-state index < -0.39 is 10.0 Å². The second-order valence-corrected chi connectivity index (χ2v) is 5.45. The Morgan fingerprint density at radius 1 is 1.32 bits per heavy atom. The van der Waals surface area contributed by atoms with E-state index in [1.165, 1.54) is 18.3 Å². The van der Waals surface area contributed by atoms with E-state index in [-0.39, 0.29) is 17.4 Å². The van der Waals surface area contributed by atoms with Crippen LogP contribution in [0.15, 0.2) is 34.0 Å². The van der Waals surface area contributed by atoms with Crippen molar-refractivity contribution in [2.75, 3.05) is 0 Å². The highest BCUT2D eigenvalue weighted by Gasteiger charge is 2.18. The standard InChI is InChI=1S/C11H11N3O4S/c1-8-4-13-9(5-12-8)6-14-19(16,17)11-3-2-10(7-15)18-11/h2-5,7,14H,6H2,1H3. The third kappa shape index (κ3) is 3.24. The first-order valence-corrected chi connectivity index (χ1v) is 6.82. The summed E-state index contributed by atoms with van der Waals surface area (Å²) >= 11 is 0. The van der Waals surface area contributed by atoms with Gasteiger partial charge in [-0.2, -0.15) is 0 Å². The topological polar surface area (TPSA) is 102 Å². The van der Waals surface area contributed by atoms with Gasteiger partial charge in [0.1, 0.15) is 0 Å². The number of aryl methyl sites for hydroxylation is 1. The number of rotatable bonds is 5. The van der Waals surface area contributed by atoms with Gasteiger partial charge < -0.3 is 4.42 Å². The zero-order valence-corrected chi connectivity index (χ0v) is 10.8. The molecule has 0 aliphatic heterocycles. The van der Waals surface area contributed by atoms with E-state index in [2.05, 4.69) is 14.7 Å². The van der Waals surface area contributed by atoms with Crippen molar-refractivity contribution in [3.63, 3.8) is 0 Å². The van der Waals surface area contributed by atoms with E-state index in [0.29, 0.717) is 12.0 Å². The van der Waals surface area contributed by atoms with Gasteiger partial charge in [-0.3, -0.25) is 14.8 Å². The predicted octanol–water partition coefficient (Wildman–Crippen LogP) is 0.669. The van der Waals surface area contributed by atoms with Crippen LogP contribution in [0.5, 0.6) is 0 Å². The molecule has 0 amide bonds. The van der Waals surface area contributed by atoms with Crippen molar-refractivity contribution in [3.8, 4) is 0 Å². The van der Waals surface area contributed by atoms with Gasteiger partial charge in [0, 0.05) is 6.20 Å². The second-order valence-electron chi connectivity index (χ2n) is 3.75. The fourth-order valence-electron chi connectivity index (χ4n) is 1.29. The highest BCUT2D eigenvalue weighted by molar-refractivity contribution is 7.89. The van der Waals surface area contributed by atoms with E-state index in [0.717, 1.165) is 5.69 Å². The van der Waals surface area contributed by atoms with Crippen LogP contribution >= 0.6 is 0 Å². The summed E-state index contributed by atoms with van der Waals surface area (Å²) in [7, 11) is -3.80. The lowest BCUT2D eigenvalue weighted by Crippen LogP contribution is -2.23. The van der Waals surface area contributed by atoms with Crippen LogP contribution in [-0.4, -0.2) is 24.7 Å². The monoisotopic (exact) mass is 281 g/mol. The number of sulfonamides is 1. The number of nitrogens with one attached hydrogen (secondary N) is 1. The van der Waals surface area contributed by atoms with Gasteiger partial charge in [-0.15, -0.1) is 0 Å². The molecule has 2 rings (SSSR count). The molecule has 1 N–H and O–H groups in total. The van der Waals surface area contributed by atoms with Crippen LogP contribution in [0.2, 0.25) is 0 Å².